The van der Waals surface area contributed by atoms with Crippen molar-refractivity contribution in [1.29, 1.82) is 0 Å². The lowest BCUT2D eigenvalue weighted by Gasteiger charge is -2.28. The highest BCUT2D eigenvalue weighted by Crippen LogP contribution is 2.26. The molecule has 106 valence electrons. The number of hydrogen-bond acceptors (Lipinski definition) is 4. The lowest BCUT2D eigenvalue weighted by Crippen LogP contribution is -2.49. The van der Waals surface area contributed by atoms with E-state index >= 15 is 0 Å². The van der Waals surface area contributed by atoms with Gasteiger partial charge in [0.05, 0.1) is 0 Å². The van der Waals surface area contributed by atoms with Gasteiger partial charge in [0, 0.05) is 18.7 Å². The summed E-state index contributed by atoms with van der Waals surface area (Å²) >= 11 is 0. The monoisotopic (exact) mass is 276 g/mol. The van der Waals surface area contributed by atoms with Gasteiger partial charge in [-0.2, -0.15) is 0 Å². The second kappa shape index (κ2) is 5.73. The molecule has 6 heteroatoms. The second-order valence-corrected chi connectivity index (χ2v) is 4.69. The number of anilines is 1. The molecule has 1 aliphatic rings. The van der Waals surface area contributed by atoms with E-state index in [9.17, 15) is 14.4 Å². The van der Waals surface area contributed by atoms with Gasteiger partial charge in [0.25, 0.3) is 0 Å². The fraction of sp³-hybridized carbons (Fsp3) is 0.357. The lowest BCUT2D eigenvalue weighted by molar-refractivity contribution is -0.120. The minimum absolute atomic E-state index is 0.0253. The number of amides is 3. The Morgan fingerprint density at radius 3 is 2.75 bits per heavy atom. The highest BCUT2D eigenvalue weighted by Gasteiger charge is 2.25. The number of rotatable bonds is 4. The number of carbonyl (C=O) groups is 3. The third-order valence-electron chi connectivity index (χ3n) is 2.96. The molecule has 2 rings (SSSR count). The van der Waals surface area contributed by atoms with Crippen LogP contribution in [-0.2, 0) is 9.59 Å². The Bertz CT molecular complexity index is 568. The molecule has 1 N–H and O–H groups in total. The molecule has 1 aromatic carbocycles. The first-order chi connectivity index (χ1) is 9.47. The van der Waals surface area contributed by atoms with Crippen LogP contribution in [0.4, 0.5) is 10.5 Å². The number of benzene rings is 1. The number of carbonyl (C=O) groups excluding carboxylic acids is 3. The molecule has 0 unspecified atom stereocenters. The molecule has 0 bridgehead atoms. The van der Waals surface area contributed by atoms with E-state index in [1.165, 1.54) is 11.8 Å². The van der Waals surface area contributed by atoms with Crippen molar-refractivity contribution >= 4 is 23.4 Å². The molecule has 1 aromatic rings. The number of imide groups is 1. The van der Waals surface area contributed by atoms with Gasteiger partial charge in [0.1, 0.15) is 12.4 Å². The Hall–Kier alpha value is -2.37. The van der Waals surface area contributed by atoms with E-state index in [1.54, 1.807) is 18.2 Å². The summed E-state index contributed by atoms with van der Waals surface area (Å²) in [6.07, 6.45) is 0.285. The Balaban J connectivity index is 2.15. The van der Waals surface area contributed by atoms with Crippen molar-refractivity contribution in [2.75, 3.05) is 18.1 Å². The molecule has 1 heterocycles. The first-order valence-electron chi connectivity index (χ1n) is 6.31. The maximum absolute atomic E-state index is 11.8. The molecule has 1 aliphatic heterocycles. The summed E-state index contributed by atoms with van der Waals surface area (Å²) in [5.74, 6) is 0.265. The predicted octanol–water partition coefficient (Wildman–Crippen LogP) is 1.41. The summed E-state index contributed by atoms with van der Waals surface area (Å²) in [4.78, 5) is 35.3. The van der Waals surface area contributed by atoms with Gasteiger partial charge < -0.3 is 4.74 Å². The number of nitrogens with one attached hydrogen (secondary N) is 1. The van der Waals surface area contributed by atoms with Crippen LogP contribution >= 0.6 is 0 Å². The van der Waals surface area contributed by atoms with Crippen LogP contribution in [0.25, 0.3) is 0 Å². The molecule has 6 nitrogen and oxygen atoms in total. The van der Waals surface area contributed by atoms with Crippen molar-refractivity contribution in [2.45, 2.75) is 20.3 Å². The van der Waals surface area contributed by atoms with Gasteiger partial charge in [-0.05, 0) is 37.6 Å². The molecule has 0 aliphatic carbocycles. The van der Waals surface area contributed by atoms with Crippen LogP contribution in [0.1, 0.15) is 18.9 Å². The van der Waals surface area contributed by atoms with Crippen molar-refractivity contribution < 1.29 is 19.1 Å². The maximum atomic E-state index is 11.8. The van der Waals surface area contributed by atoms with Gasteiger partial charge in [-0.15, -0.1) is 0 Å². The largest absolute Gasteiger partial charge is 0.486 e. The van der Waals surface area contributed by atoms with Gasteiger partial charge in [-0.25, -0.2) is 4.79 Å². The Labute approximate surface area is 116 Å². The molecule has 1 fully saturated rings. The minimum Gasteiger partial charge on any atom is -0.486 e. The Morgan fingerprint density at radius 1 is 1.40 bits per heavy atom. The first kappa shape index (κ1) is 14.0. The molecule has 0 aromatic heterocycles. The lowest BCUT2D eigenvalue weighted by atomic mass is 10.1. The van der Waals surface area contributed by atoms with Crippen molar-refractivity contribution in [1.82, 2.24) is 5.32 Å². The molecule has 20 heavy (non-hydrogen) atoms. The van der Waals surface area contributed by atoms with Crippen LogP contribution in [0, 0.1) is 6.92 Å². The minimum atomic E-state index is -0.415. The Morgan fingerprint density at radius 2 is 2.15 bits per heavy atom. The van der Waals surface area contributed by atoms with Crippen LogP contribution in [-0.4, -0.2) is 30.9 Å². The normalized spacial score (nSPS) is 15.0. The molecule has 0 spiro atoms. The third kappa shape index (κ3) is 3.14. The van der Waals surface area contributed by atoms with Crippen molar-refractivity contribution in [3.8, 4) is 5.75 Å². The molecule has 0 radical (unpaired) electrons. The van der Waals surface area contributed by atoms with E-state index in [4.69, 9.17) is 4.74 Å². The molecular weight excluding hydrogens is 260 g/mol. The second-order valence-electron chi connectivity index (χ2n) is 4.69. The van der Waals surface area contributed by atoms with Crippen LogP contribution in [0.15, 0.2) is 18.2 Å². The smallest absolute Gasteiger partial charge is 0.328 e. The molecule has 0 saturated carbocycles. The first-order valence-corrected chi connectivity index (χ1v) is 6.31. The summed E-state index contributed by atoms with van der Waals surface area (Å²) in [6, 6.07) is 4.80. The van der Waals surface area contributed by atoms with E-state index in [0.717, 1.165) is 11.3 Å². The van der Waals surface area contributed by atoms with E-state index < -0.39 is 6.03 Å². The third-order valence-corrected chi connectivity index (χ3v) is 2.96. The van der Waals surface area contributed by atoms with Gasteiger partial charge in [-0.1, -0.05) is 0 Å². The topological polar surface area (TPSA) is 75.7 Å². The number of ketones is 1. The predicted molar refractivity (Wildman–Crippen MR) is 72.9 cm³/mol. The van der Waals surface area contributed by atoms with Gasteiger partial charge in [-0.3, -0.25) is 19.8 Å². The van der Waals surface area contributed by atoms with Gasteiger partial charge in [0.15, 0.2) is 5.78 Å². The number of ether oxygens (including phenoxy) is 1. The van der Waals surface area contributed by atoms with Crippen LogP contribution in [0.5, 0.6) is 5.75 Å². The summed E-state index contributed by atoms with van der Waals surface area (Å²) in [5, 5.41) is 2.28. The molecule has 1 saturated heterocycles. The van der Waals surface area contributed by atoms with Crippen molar-refractivity contribution in [2.24, 2.45) is 0 Å². The SMILES string of the molecule is CC(=O)COc1ccc(N2CCC(=O)NC2=O)c(C)c1. The highest BCUT2D eigenvalue weighted by atomic mass is 16.5. The van der Waals surface area contributed by atoms with E-state index in [1.807, 2.05) is 6.92 Å². The molecular formula is C14H16N2O4. The summed E-state index contributed by atoms with van der Waals surface area (Å²) in [6.45, 7) is 3.69. The van der Waals surface area contributed by atoms with Gasteiger partial charge in [0.2, 0.25) is 5.91 Å². The zero-order valence-corrected chi connectivity index (χ0v) is 11.4. The fourth-order valence-electron chi connectivity index (χ4n) is 2.00. The summed E-state index contributed by atoms with van der Waals surface area (Å²) in [5.41, 5.74) is 1.57. The Kier molecular flexibility index (Phi) is 4.02. The zero-order chi connectivity index (χ0) is 14.7. The highest BCUT2D eigenvalue weighted by molar-refractivity contribution is 6.05. The number of Topliss-reactive ketones (excluding diaryl/α,β-unsaturated/α-hetero) is 1. The van der Waals surface area contributed by atoms with Crippen molar-refractivity contribution in [3.63, 3.8) is 0 Å². The van der Waals surface area contributed by atoms with Gasteiger partial charge >= 0.3 is 6.03 Å². The number of aryl methyl sites for hydroxylation is 1. The molecule has 3 amide bonds. The van der Waals surface area contributed by atoms with E-state index in [-0.39, 0.29) is 24.7 Å². The quantitative estimate of drug-likeness (QED) is 0.902. The standard InChI is InChI=1S/C14H16N2O4/c1-9-7-11(20-8-10(2)17)3-4-12(9)16-6-5-13(18)15-14(16)19/h3-4,7H,5-6,8H2,1-2H3,(H,15,18,19). The van der Waals surface area contributed by atoms with E-state index in [0.29, 0.717) is 12.3 Å². The van der Waals surface area contributed by atoms with Crippen LogP contribution in [0.2, 0.25) is 0 Å². The van der Waals surface area contributed by atoms with Crippen LogP contribution < -0.4 is 15.0 Å². The average Bonchev–Trinajstić information content (AvgIpc) is 2.37. The number of urea groups is 1. The fourth-order valence-corrected chi connectivity index (χ4v) is 2.00. The van der Waals surface area contributed by atoms with Crippen molar-refractivity contribution in [3.05, 3.63) is 23.8 Å². The zero-order valence-electron chi connectivity index (χ0n) is 11.4. The number of hydrogen-bond donors (Lipinski definition) is 1. The average molecular weight is 276 g/mol. The maximum Gasteiger partial charge on any atom is 0.328 e. The van der Waals surface area contributed by atoms with Crippen LogP contribution in [0.3, 0.4) is 0 Å². The number of nitrogens with zero attached hydrogens (tertiary/aromatic N) is 1. The summed E-state index contributed by atoms with van der Waals surface area (Å²) in [7, 11) is 0. The summed E-state index contributed by atoms with van der Waals surface area (Å²) < 4.78 is 5.31. The molecule has 0 atom stereocenters. The van der Waals surface area contributed by atoms with E-state index in [2.05, 4.69) is 5.32 Å².